The Bertz CT molecular complexity index is 231. The van der Waals surface area contributed by atoms with Crippen molar-refractivity contribution in [1.82, 2.24) is 10.2 Å². The Morgan fingerprint density at radius 1 is 1.00 bits per heavy atom. The molecule has 106 valence electrons. The van der Waals surface area contributed by atoms with Crippen LogP contribution in [-0.2, 0) is 4.74 Å². The number of ether oxygens (including phenoxy) is 1. The molecule has 18 heavy (non-hydrogen) atoms. The molecule has 0 radical (unpaired) electrons. The van der Waals surface area contributed by atoms with Gasteiger partial charge in [-0.1, -0.05) is 0 Å². The fraction of sp³-hybridized carbons (Fsp3) is 1.00. The first kappa shape index (κ1) is 14.3. The Hall–Kier alpha value is -0.120. The second-order valence-electron chi connectivity index (χ2n) is 6.31. The van der Waals surface area contributed by atoms with Crippen molar-refractivity contribution in [1.29, 1.82) is 0 Å². The lowest BCUT2D eigenvalue weighted by atomic mass is 9.91. The Labute approximate surface area is 112 Å². The lowest BCUT2D eigenvalue weighted by Crippen LogP contribution is -2.49. The SMILES string of the molecule is CC(NC1CCN(C(C)C)CC1)C1CCOCC1. The molecule has 2 rings (SSSR count). The summed E-state index contributed by atoms with van der Waals surface area (Å²) in [4.78, 5) is 2.59. The van der Waals surface area contributed by atoms with E-state index in [0.29, 0.717) is 12.1 Å². The third kappa shape index (κ3) is 3.94. The zero-order valence-corrected chi connectivity index (χ0v) is 12.3. The highest BCUT2D eigenvalue weighted by Gasteiger charge is 2.25. The van der Waals surface area contributed by atoms with Crippen molar-refractivity contribution in [3.63, 3.8) is 0 Å². The van der Waals surface area contributed by atoms with Crippen LogP contribution in [0.15, 0.2) is 0 Å². The van der Waals surface area contributed by atoms with Gasteiger partial charge in [-0.2, -0.15) is 0 Å². The summed E-state index contributed by atoms with van der Waals surface area (Å²) in [6, 6.07) is 2.10. The highest BCUT2D eigenvalue weighted by molar-refractivity contribution is 4.83. The summed E-state index contributed by atoms with van der Waals surface area (Å²) in [5.41, 5.74) is 0. The molecule has 2 fully saturated rings. The van der Waals surface area contributed by atoms with Crippen molar-refractivity contribution < 1.29 is 4.74 Å². The van der Waals surface area contributed by atoms with Crippen LogP contribution < -0.4 is 5.32 Å². The topological polar surface area (TPSA) is 24.5 Å². The van der Waals surface area contributed by atoms with Crippen LogP contribution in [0.25, 0.3) is 0 Å². The predicted molar refractivity (Wildman–Crippen MR) is 75.9 cm³/mol. The molecular formula is C15H30N2O. The Morgan fingerprint density at radius 3 is 2.17 bits per heavy atom. The van der Waals surface area contributed by atoms with E-state index in [0.717, 1.165) is 25.2 Å². The van der Waals surface area contributed by atoms with E-state index in [1.54, 1.807) is 0 Å². The van der Waals surface area contributed by atoms with E-state index < -0.39 is 0 Å². The molecule has 2 aliphatic heterocycles. The first-order valence-electron chi connectivity index (χ1n) is 7.74. The first-order valence-corrected chi connectivity index (χ1v) is 7.74. The number of nitrogens with one attached hydrogen (secondary N) is 1. The van der Waals surface area contributed by atoms with Gasteiger partial charge in [0.05, 0.1) is 0 Å². The van der Waals surface area contributed by atoms with E-state index in [4.69, 9.17) is 4.74 Å². The Balaban J connectivity index is 1.70. The molecule has 0 amide bonds. The molecule has 0 saturated carbocycles. The Morgan fingerprint density at radius 2 is 1.61 bits per heavy atom. The molecule has 0 aromatic carbocycles. The van der Waals surface area contributed by atoms with Gasteiger partial charge in [0.15, 0.2) is 0 Å². The number of hydrogen-bond donors (Lipinski definition) is 1. The zero-order chi connectivity index (χ0) is 13.0. The molecule has 0 spiro atoms. The number of rotatable bonds is 4. The van der Waals surface area contributed by atoms with Gasteiger partial charge in [0, 0.05) is 31.3 Å². The van der Waals surface area contributed by atoms with Gasteiger partial charge >= 0.3 is 0 Å². The third-order valence-electron chi connectivity index (χ3n) is 4.73. The van der Waals surface area contributed by atoms with Crippen LogP contribution in [0.5, 0.6) is 0 Å². The molecule has 1 N–H and O–H groups in total. The summed E-state index contributed by atoms with van der Waals surface area (Å²) in [6.07, 6.45) is 5.09. The van der Waals surface area contributed by atoms with Crippen LogP contribution in [0.2, 0.25) is 0 Å². The van der Waals surface area contributed by atoms with Gasteiger partial charge < -0.3 is 15.0 Å². The molecule has 1 unspecified atom stereocenters. The van der Waals surface area contributed by atoms with Crippen molar-refractivity contribution in [3.8, 4) is 0 Å². The number of piperidine rings is 1. The molecule has 2 saturated heterocycles. The molecule has 0 aromatic heterocycles. The van der Waals surface area contributed by atoms with Gasteiger partial charge in [0.1, 0.15) is 0 Å². The van der Waals surface area contributed by atoms with Crippen LogP contribution >= 0.6 is 0 Å². The summed E-state index contributed by atoms with van der Waals surface area (Å²) < 4.78 is 5.45. The van der Waals surface area contributed by atoms with Gasteiger partial charge in [0.25, 0.3) is 0 Å². The quantitative estimate of drug-likeness (QED) is 0.833. The summed E-state index contributed by atoms with van der Waals surface area (Å²) in [6.45, 7) is 11.4. The lowest BCUT2D eigenvalue weighted by molar-refractivity contribution is 0.0520. The summed E-state index contributed by atoms with van der Waals surface area (Å²) in [5, 5.41) is 3.87. The lowest BCUT2D eigenvalue weighted by Gasteiger charge is -2.38. The van der Waals surface area contributed by atoms with Crippen molar-refractivity contribution in [2.45, 2.75) is 64.6 Å². The fourth-order valence-electron chi connectivity index (χ4n) is 3.31. The molecule has 3 heteroatoms. The van der Waals surface area contributed by atoms with E-state index in [1.165, 1.54) is 38.8 Å². The van der Waals surface area contributed by atoms with E-state index in [9.17, 15) is 0 Å². The van der Waals surface area contributed by atoms with Gasteiger partial charge in [0.2, 0.25) is 0 Å². The van der Waals surface area contributed by atoms with E-state index >= 15 is 0 Å². The Kier molecular flexibility index (Phi) is 5.46. The van der Waals surface area contributed by atoms with Crippen LogP contribution in [0.3, 0.4) is 0 Å². The summed E-state index contributed by atoms with van der Waals surface area (Å²) in [5.74, 6) is 0.821. The highest BCUT2D eigenvalue weighted by atomic mass is 16.5. The minimum absolute atomic E-state index is 0.657. The minimum Gasteiger partial charge on any atom is -0.381 e. The maximum Gasteiger partial charge on any atom is 0.0469 e. The molecule has 2 aliphatic rings. The first-order chi connectivity index (χ1) is 8.66. The molecule has 3 nitrogen and oxygen atoms in total. The minimum atomic E-state index is 0.657. The van der Waals surface area contributed by atoms with Gasteiger partial charge in [-0.25, -0.2) is 0 Å². The molecule has 2 heterocycles. The largest absolute Gasteiger partial charge is 0.381 e. The molecule has 0 aromatic rings. The van der Waals surface area contributed by atoms with Crippen molar-refractivity contribution in [2.24, 2.45) is 5.92 Å². The highest BCUT2D eigenvalue weighted by Crippen LogP contribution is 2.21. The average Bonchev–Trinajstić information content (AvgIpc) is 2.40. The van der Waals surface area contributed by atoms with Crippen molar-refractivity contribution in [3.05, 3.63) is 0 Å². The second kappa shape index (κ2) is 6.88. The standard InChI is InChI=1S/C15H30N2O/c1-12(2)17-8-4-15(5-9-17)16-13(3)14-6-10-18-11-7-14/h12-16H,4-11H2,1-3H3. The monoisotopic (exact) mass is 254 g/mol. The van der Waals surface area contributed by atoms with Crippen LogP contribution in [0, 0.1) is 5.92 Å². The molecule has 1 atom stereocenters. The fourth-order valence-corrected chi connectivity index (χ4v) is 3.31. The van der Waals surface area contributed by atoms with Gasteiger partial charge in [-0.15, -0.1) is 0 Å². The number of nitrogens with zero attached hydrogens (tertiary/aromatic N) is 1. The smallest absolute Gasteiger partial charge is 0.0469 e. The number of hydrogen-bond acceptors (Lipinski definition) is 3. The summed E-state index contributed by atoms with van der Waals surface area (Å²) in [7, 11) is 0. The average molecular weight is 254 g/mol. The maximum absolute atomic E-state index is 5.45. The van der Waals surface area contributed by atoms with E-state index in [1.807, 2.05) is 0 Å². The van der Waals surface area contributed by atoms with Crippen molar-refractivity contribution >= 4 is 0 Å². The van der Waals surface area contributed by atoms with E-state index in [-0.39, 0.29) is 0 Å². The van der Waals surface area contributed by atoms with Crippen LogP contribution in [0.4, 0.5) is 0 Å². The third-order valence-corrected chi connectivity index (χ3v) is 4.73. The predicted octanol–water partition coefficient (Wildman–Crippen LogP) is 2.26. The molecular weight excluding hydrogens is 224 g/mol. The van der Waals surface area contributed by atoms with Crippen LogP contribution in [0.1, 0.15) is 46.5 Å². The molecule has 0 aliphatic carbocycles. The molecule has 0 bridgehead atoms. The maximum atomic E-state index is 5.45. The summed E-state index contributed by atoms with van der Waals surface area (Å²) >= 11 is 0. The number of likely N-dealkylation sites (tertiary alicyclic amines) is 1. The second-order valence-corrected chi connectivity index (χ2v) is 6.31. The normalized spacial score (nSPS) is 26.7. The van der Waals surface area contributed by atoms with Crippen molar-refractivity contribution in [2.75, 3.05) is 26.3 Å². The van der Waals surface area contributed by atoms with Crippen LogP contribution in [-0.4, -0.2) is 49.3 Å². The van der Waals surface area contributed by atoms with Gasteiger partial charge in [-0.05, 0) is 65.5 Å². The van der Waals surface area contributed by atoms with Gasteiger partial charge in [-0.3, -0.25) is 0 Å². The zero-order valence-electron chi connectivity index (χ0n) is 12.3. The van der Waals surface area contributed by atoms with E-state index in [2.05, 4.69) is 31.0 Å².